The van der Waals surface area contributed by atoms with Gasteiger partial charge in [0, 0.05) is 30.4 Å². The van der Waals surface area contributed by atoms with Gasteiger partial charge in [0.15, 0.2) is 0 Å². The minimum atomic E-state index is -1.12. The fourth-order valence-electron chi connectivity index (χ4n) is 6.90. The van der Waals surface area contributed by atoms with Crippen molar-refractivity contribution in [3.63, 3.8) is 0 Å². The van der Waals surface area contributed by atoms with Crippen LogP contribution in [0.25, 0.3) is 0 Å². The molecule has 218 valence electrons. The number of halogens is 1. The van der Waals surface area contributed by atoms with Crippen LogP contribution in [0.1, 0.15) is 58.3 Å². The van der Waals surface area contributed by atoms with Gasteiger partial charge in [-0.1, -0.05) is 43.5 Å². The van der Waals surface area contributed by atoms with Gasteiger partial charge in [-0.3, -0.25) is 14.4 Å². The Morgan fingerprint density at radius 1 is 1.18 bits per heavy atom. The van der Waals surface area contributed by atoms with Crippen molar-refractivity contribution in [3.8, 4) is 0 Å². The highest BCUT2D eigenvalue weighted by molar-refractivity contribution is 6.30. The van der Waals surface area contributed by atoms with E-state index in [1.807, 2.05) is 6.92 Å². The summed E-state index contributed by atoms with van der Waals surface area (Å²) in [5.41, 5.74) is -1.33. The van der Waals surface area contributed by atoms with Crippen LogP contribution in [0.3, 0.4) is 0 Å². The molecule has 2 amide bonds. The molecular weight excluding hydrogens is 532 g/mol. The van der Waals surface area contributed by atoms with E-state index >= 15 is 0 Å². The van der Waals surface area contributed by atoms with Crippen molar-refractivity contribution in [2.24, 2.45) is 11.8 Å². The molecule has 2 bridgehead atoms. The zero-order valence-electron chi connectivity index (χ0n) is 23.4. The molecule has 3 fully saturated rings. The number of rotatable bonds is 15. The average Bonchev–Trinajstić information content (AvgIpc) is 3.55. The Bertz CT molecular complexity index is 1110. The molecule has 1 aromatic rings. The van der Waals surface area contributed by atoms with E-state index in [1.54, 1.807) is 46.2 Å². The molecule has 0 aromatic heterocycles. The molecule has 8 nitrogen and oxygen atoms in total. The van der Waals surface area contributed by atoms with E-state index in [0.717, 1.165) is 12.8 Å². The number of aliphatic hydroxyl groups is 1. The van der Waals surface area contributed by atoms with Gasteiger partial charge in [-0.05, 0) is 62.8 Å². The first-order chi connectivity index (χ1) is 19.3. The number of hydrogen-bond donors (Lipinski definition) is 1. The number of amides is 2. The van der Waals surface area contributed by atoms with Gasteiger partial charge in [-0.2, -0.15) is 0 Å². The first kappa shape index (κ1) is 30.3. The van der Waals surface area contributed by atoms with Crippen molar-refractivity contribution in [2.75, 3.05) is 31.2 Å². The van der Waals surface area contributed by atoms with Gasteiger partial charge in [-0.25, -0.2) is 0 Å². The molecule has 3 saturated heterocycles. The third kappa shape index (κ3) is 5.33. The van der Waals surface area contributed by atoms with Gasteiger partial charge in [0.05, 0.1) is 18.1 Å². The predicted molar refractivity (Wildman–Crippen MR) is 154 cm³/mol. The molecule has 4 rings (SSSR count). The number of anilines is 1. The van der Waals surface area contributed by atoms with Crippen LogP contribution < -0.4 is 4.90 Å². The number of carbonyl (C=O) groups excluding carboxylic acids is 3. The van der Waals surface area contributed by atoms with E-state index in [9.17, 15) is 14.4 Å². The van der Waals surface area contributed by atoms with Crippen LogP contribution in [0.5, 0.6) is 0 Å². The maximum absolute atomic E-state index is 14.5. The van der Waals surface area contributed by atoms with Crippen molar-refractivity contribution in [1.29, 1.82) is 0 Å². The minimum Gasteiger partial charge on any atom is -0.465 e. The van der Waals surface area contributed by atoms with E-state index in [1.165, 1.54) is 0 Å². The second-order valence-electron chi connectivity index (χ2n) is 11.0. The summed E-state index contributed by atoms with van der Waals surface area (Å²) in [5, 5.41) is 9.71. The number of esters is 1. The normalized spacial score (nSPS) is 28.4. The summed E-state index contributed by atoms with van der Waals surface area (Å²) in [6, 6.07) is 6.10. The van der Waals surface area contributed by atoms with Gasteiger partial charge in [-0.15, -0.1) is 13.2 Å². The molecule has 3 aliphatic rings. The molecule has 3 heterocycles. The largest absolute Gasteiger partial charge is 0.465 e. The molecule has 0 saturated carbocycles. The van der Waals surface area contributed by atoms with Gasteiger partial charge >= 0.3 is 5.97 Å². The second-order valence-corrected chi connectivity index (χ2v) is 11.4. The fraction of sp³-hybridized carbons (Fsp3) is 0.581. The highest BCUT2D eigenvalue weighted by Crippen LogP contribution is 2.64. The van der Waals surface area contributed by atoms with Crippen LogP contribution in [0.2, 0.25) is 5.02 Å². The fourth-order valence-corrected chi connectivity index (χ4v) is 7.02. The number of fused-ring (bicyclic) bond motifs is 1. The van der Waals surface area contributed by atoms with Crippen molar-refractivity contribution < 1.29 is 29.0 Å². The van der Waals surface area contributed by atoms with Crippen molar-refractivity contribution in [3.05, 3.63) is 54.6 Å². The summed E-state index contributed by atoms with van der Waals surface area (Å²) in [4.78, 5) is 45.5. The predicted octanol–water partition coefficient (Wildman–Crippen LogP) is 4.69. The second kappa shape index (κ2) is 12.9. The number of nitrogens with zero attached hydrogens (tertiary/aromatic N) is 2. The zero-order valence-corrected chi connectivity index (χ0v) is 24.1. The molecule has 40 heavy (non-hydrogen) atoms. The van der Waals surface area contributed by atoms with Crippen LogP contribution in [-0.2, 0) is 23.9 Å². The van der Waals surface area contributed by atoms with Crippen molar-refractivity contribution in [2.45, 2.75) is 75.5 Å². The smallest absolute Gasteiger partial charge is 0.312 e. The van der Waals surface area contributed by atoms with E-state index < -0.39 is 35.0 Å². The Morgan fingerprint density at radius 3 is 2.55 bits per heavy atom. The van der Waals surface area contributed by atoms with Crippen LogP contribution in [0, 0.1) is 11.8 Å². The number of likely N-dealkylation sites (tertiary alicyclic amines) is 1. The monoisotopic (exact) mass is 572 g/mol. The van der Waals surface area contributed by atoms with Crippen molar-refractivity contribution >= 4 is 35.1 Å². The number of aliphatic hydroxyl groups excluding tert-OH is 1. The topological polar surface area (TPSA) is 96.4 Å². The Kier molecular flexibility index (Phi) is 9.75. The van der Waals surface area contributed by atoms with Gasteiger partial charge in [0.25, 0.3) is 5.91 Å². The summed E-state index contributed by atoms with van der Waals surface area (Å²) >= 11 is 6.12. The average molecular weight is 573 g/mol. The number of carbonyl (C=O) groups is 3. The highest BCUT2D eigenvalue weighted by Gasteiger charge is 2.79. The maximum atomic E-state index is 14.5. The van der Waals surface area contributed by atoms with Crippen LogP contribution in [-0.4, -0.2) is 71.3 Å². The van der Waals surface area contributed by atoms with Crippen LogP contribution >= 0.6 is 11.6 Å². The summed E-state index contributed by atoms with van der Waals surface area (Å²) in [5.74, 6) is -2.50. The molecule has 0 aliphatic carbocycles. The lowest BCUT2D eigenvalue weighted by atomic mass is 9.65. The number of hydrogen-bond acceptors (Lipinski definition) is 6. The van der Waals surface area contributed by atoms with Gasteiger partial charge < -0.3 is 24.4 Å². The maximum Gasteiger partial charge on any atom is 0.312 e. The highest BCUT2D eigenvalue weighted by atomic mass is 35.5. The summed E-state index contributed by atoms with van der Waals surface area (Å²) in [6.45, 7) is 10.4. The number of benzene rings is 1. The molecule has 2 unspecified atom stereocenters. The summed E-state index contributed by atoms with van der Waals surface area (Å²) in [7, 11) is 0. The summed E-state index contributed by atoms with van der Waals surface area (Å²) in [6.07, 6.45) is 8.46. The lowest BCUT2D eigenvalue weighted by molar-refractivity contribution is -0.160. The molecule has 1 N–H and O–H groups in total. The van der Waals surface area contributed by atoms with E-state index in [2.05, 4.69) is 13.2 Å². The lowest BCUT2D eigenvalue weighted by Crippen LogP contribution is -2.56. The third-order valence-electron chi connectivity index (χ3n) is 8.76. The Hall–Kier alpha value is -2.68. The Labute approximate surface area is 241 Å². The molecule has 0 radical (unpaired) electrons. The molecule has 1 aromatic carbocycles. The summed E-state index contributed by atoms with van der Waals surface area (Å²) < 4.78 is 12.4. The zero-order chi connectivity index (χ0) is 28.9. The molecule has 3 aliphatic heterocycles. The molecule has 1 spiro atoms. The van der Waals surface area contributed by atoms with E-state index in [-0.39, 0.29) is 31.6 Å². The quantitative estimate of drug-likeness (QED) is 0.186. The molecular formula is C31H41ClN2O6. The van der Waals surface area contributed by atoms with E-state index in [4.69, 9.17) is 26.2 Å². The lowest BCUT2D eigenvalue weighted by Gasteiger charge is -2.37. The number of ether oxygens (including phenoxy) is 2. The first-order valence-electron chi connectivity index (χ1n) is 14.4. The molecule has 5 atom stereocenters. The standard InChI is InChI=1S/C31H41ClN2O6/c1-4-7-21-39-29(38)25-24-27(36)34(19-10-8-9-11-20-35)26(31(24)17-16-30(25,6-3)40-31)28(37)33(18-5-2)23-14-12-22(32)13-15-23/h4-5,12-15,24-26,35H,1-2,6-11,16-21H2,3H3/t24-,25-,26?,30+,31?/m0/s1. The minimum absolute atomic E-state index is 0.120. The third-order valence-corrected chi connectivity index (χ3v) is 9.01. The Balaban J connectivity index is 1.73. The Morgan fingerprint density at radius 2 is 1.90 bits per heavy atom. The number of unbranched alkanes of at least 4 members (excludes halogenated alkanes) is 3. The van der Waals surface area contributed by atoms with Gasteiger partial charge in [0.1, 0.15) is 17.6 Å². The van der Waals surface area contributed by atoms with Gasteiger partial charge in [0.2, 0.25) is 5.91 Å². The van der Waals surface area contributed by atoms with Crippen LogP contribution in [0.4, 0.5) is 5.69 Å². The first-order valence-corrected chi connectivity index (χ1v) is 14.7. The molecule has 9 heteroatoms. The SMILES string of the molecule is C=CCCOC(=O)[C@@H]1[C@H]2C(=O)N(CCCCCCO)C(C(=O)N(CC=C)c3ccc(Cl)cc3)C23CC[C@@]1(CC)O3. The van der Waals surface area contributed by atoms with Crippen molar-refractivity contribution in [1.82, 2.24) is 4.90 Å². The van der Waals surface area contributed by atoms with Crippen LogP contribution in [0.15, 0.2) is 49.6 Å². The van der Waals surface area contributed by atoms with E-state index in [0.29, 0.717) is 55.8 Å².